The Labute approximate surface area is 184 Å². The van der Waals surface area contributed by atoms with Crippen molar-refractivity contribution in [2.24, 2.45) is 0 Å². The van der Waals surface area contributed by atoms with Crippen molar-refractivity contribution in [2.45, 2.75) is 0 Å². The van der Waals surface area contributed by atoms with Gasteiger partial charge >= 0.3 is 0 Å². The molecule has 0 bridgehead atoms. The fourth-order valence-corrected chi connectivity index (χ4v) is 3.59. The third-order valence-corrected chi connectivity index (χ3v) is 5.32. The molecule has 0 saturated carbocycles. The molecule has 158 valence electrons. The molecule has 2 aromatic carbocycles. The number of pyridine rings is 1. The van der Waals surface area contributed by atoms with E-state index < -0.39 is 4.92 Å². The lowest BCUT2D eigenvalue weighted by Crippen LogP contribution is -2.49. The van der Waals surface area contributed by atoms with E-state index in [9.17, 15) is 14.9 Å². The highest BCUT2D eigenvalue weighted by Gasteiger charge is 2.25. The van der Waals surface area contributed by atoms with Gasteiger partial charge in [-0.1, -0.05) is 29.8 Å². The van der Waals surface area contributed by atoms with Gasteiger partial charge in [0.2, 0.25) is 0 Å². The van der Waals surface area contributed by atoms with Gasteiger partial charge in [-0.25, -0.2) is 4.98 Å². The normalized spacial score (nSPS) is 13.7. The molecular weight excluding hydrogens is 418 g/mol. The van der Waals surface area contributed by atoms with Crippen molar-refractivity contribution in [1.29, 1.82) is 0 Å². The molecule has 1 aliphatic rings. The van der Waals surface area contributed by atoms with Crippen LogP contribution in [0.15, 0.2) is 66.9 Å². The number of nitrogens with zero attached hydrogens (tertiary/aromatic N) is 4. The number of rotatable bonds is 5. The molecule has 0 radical (unpaired) electrons. The van der Waals surface area contributed by atoms with Crippen LogP contribution in [0.3, 0.4) is 0 Å². The fourth-order valence-electron chi connectivity index (χ4n) is 3.47. The first-order valence-electron chi connectivity index (χ1n) is 9.77. The first kappa shape index (κ1) is 20.6. The highest BCUT2D eigenvalue weighted by atomic mass is 35.5. The number of halogens is 1. The Morgan fingerprint density at radius 3 is 2.42 bits per heavy atom. The van der Waals surface area contributed by atoms with Crippen LogP contribution in [0.4, 0.5) is 22.9 Å². The predicted molar refractivity (Wildman–Crippen MR) is 120 cm³/mol. The van der Waals surface area contributed by atoms with E-state index in [2.05, 4.69) is 15.2 Å². The summed E-state index contributed by atoms with van der Waals surface area (Å²) in [5.74, 6) is 0.585. The Bertz CT molecular complexity index is 1080. The molecule has 9 heteroatoms. The summed E-state index contributed by atoms with van der Waals surface area (Å²) in [6.45, 7) is 2.24. The van der Waals surface area contributed by atoms with Gasteiger partial charge < -0.3 is 15.1 Å². The van der Waals surface area contributed by atoms with Gasteiger partial charge in [0.1, 0.15) is 11.5 Å². The molecule has 1 aromatic heterocycles. The Morgan fingerprint density at radius 1 is 1.03 bits per heavy atom. The zero-order valence-electron chi connectivity index (χ0n) is 16.6. The van der Waals surface area contributed by atoms with Crippen LogP contribution in [0, 0.1) is 10.1 Å². The number of carbonyl (C=O) groups excluding carboxylic acids is 1. The molecule has 3 aromatic rings. The second-order valence-corrected chi connectivity index (χ2v) is 7.53. The Balaban J connectivity index is 1.46. The highest BCUT2D eigenvalue weighted by Crippen LogP contribution is 2.29. The van der Waals surface area contributed by atoms with Crippen LogP contribution in [-0.2, 0) is 0 Å². The van der Waals surface area contributed by atoms with Crippen molar-refractivity contribution in [3.05, 3.63) is 87.6 Å². The Morgan fingerprint density at radius 2 is 1.77 bits per heavy atom. The van der Waals surface area contributed by atoms with E-state index in [-0.39, 0.29) is 11.6 Å². The van der Waals surface area contributed by atoms with Gasteiger partial charge in [0.15, 0.2) is 0 Å². The summed E-state index contributed by atoms with van der Waals surface area (Å²) >= 11 is 5.89. The zero-order valence-corrected chi connectivity index (χ0v) is 17.3. The van der Waals surface area contributed by atoms with Crippen LogP contribution in [0.5, 0.6) is 0 Å². The number of hydrogen-bond donors (Lipinski definition) is 1. The molecule has 2 heterocycles. The summed E-state index contributed by atoms with van der Waals surface area (Å²) in [4.78, 5) is 32.2. The van der Waals surface area contributed by atoms with E-state index in [1.807, 2.05) is 36.4 Å². The maximum absolute atomic E-state index is 13.0. The molecule has 31 heavy (non-hydrogen) atoms. The van der Waals surface area contributed by atoms with Crippen LogP contribution >= 0.6 is 11.6 Å². The molecule has 1 saturated heterocycles. The van der Waals surface area contributed by atoms with E-state index in [4.69, 9.17) is 11.6 Å². The molecule has 0 atom stereocenters. The molecule has 1 N–H and O–H groups in total. The quantitative estimate of drug-likeness (QED) is 0.471. The van der Waals surface area contributed by atoms with Crippen molar-refractivity contribution in [2.75, 3.05) is 36.4 Å². The smallest absolute Gasteiger partial charge is 0.293 e. The lowest BCUT2D eigenvalue weighted by atomic mass is 10.1. The first-order chi connectivity index (χ1) is 15.0. The second-order valence-electron chi connectivity index (χ2n) is 7.09. The number of carbonyl (C=O) groups is 1. The van der Waals surface area contributed by atoms with Gasteiger partial charge in [0.05, 0.1) is 9.95 Å². The largest absolute Gasteiger partial charge is 0.353 e. The molecule has 0 unspecified atom stereocenters. The molecule has 4 rings (SSSR count). The third kappa shape index (κ3) is 4.75. The summed E-state index contributed by atoms with van der Waals surface area (Å²) in [5.41, 5.74) is 1.23. The van der Waals surface area contributed by atoms with Gasteiger partial charge in [0, 0.05) is 49.7 Å². The predicted octanol–water partition coefficient (Wildman–Crippen LogP) is 4.35. The van der Waals surface area contributed by atoms with Crippen LogP contribution < -0.4 is 10.2 Å². The second kappa shape index (κ2) is 9.01. The van der Waals surface area contributed by atoms with E-state index in [1.165, 1.54) is 6.07 Å². The SMILES string of the molecule is O=C(c1ccc(Nc2ccccc2)c([N+](=O)[O-])c1)N1CCN(c2ccc(Cl)cn2)CC1. The fraction of sp³-hybridized carbons (Fsp3) is 0.182. The minimum Gasteiger partial charge on any atom is -0.353 e. The van der Waals surface area contributed by atoms with Gasteiger partial charge in [-0.3, -0.25) is 14.9 Å². The summed E-state index contributed by atoms with van der Waals surface area (Å²) in [7, 11) is 0. The van der Waals surface area contributed by atoms with E-state index in [1.54, 1.807) is 29.3 Å². The first-order valence-corrected chi connectivity index (χ1v) is 10.2. The number of para-hydroxylation sites is 1. The summed E-state index contributed by atoms with van der Waals surface area (Å²) in [5, 5.41) is 15.2. The van der Waals surface area contributed by atoms with Gasteiger partial charge in [0.25, 0.3) is 11.6 Å². The van der Waals surface area contributed by atoms with Gasteiger partial charge in [-0.2, -0.15) is 0 Å². The Kier molecular flexibility index (Phi) is 5.99. The van der Waals surface area contributed by atoms with Gasteiger partial charge in [-0.05, 0) is 36.4 Å². The number of amides is 1. The molecule has 0 spiro atoms. The minimum absolute atomic E-state index is 0.140. The van der Waals surface area contributed by atoms with Crippen LogP contribution in [0.1, 0.15) is 10.4 Å². The summed E-state index contributed by atoms with van der Waals surface area (Å²) < 4.78 is 0. The van der Waals surface area contributed by atoms with Crippen molar-refractivity contribution in [1.82, 2.24) is 9.88 Å². The van der Waals surface area contributed by atoms with Crippen molar-refractivity contribution < 1.29 is 9.72 Å². The van der Waals surface area contributed by atoms with Crippen molar-refractivity contribution in [3.8, 4) is 0 Å². The monoisotopic (exact) mass is 437 g/mol. The molecular formula is C22H20ClN5O3. The highest BCUT2D eigenvalue weighted by molar-refractivity contribution is 6.30. The molecule has 0 aliphatic carbocycles. The standard InChI is InChI=1S/C22H20ClN5O3/c23-17-7-9-21(24-15-17)26-10-12-27(13-11-26)22(29)16-6-8-19(20(14-16)28(30)31)25-18-4-2-1-3-5-18/h1-9,14-15,25H,10-13H2. The van der Waals surface area contributed by atoms with Crippen molar-refractivity contribution >= 4 is 40.4 Å². The maximum Gasteiger partial charge on any atom is 0.293 e. The third-order valence-electron chi connectivity index (χ3n) is 5.10. The summed E-state index contributed by atoms with van der Waals surface area (Å²) in [6, 6.07) is 17.3. The van der Waals surface area contributed by atoms with E-state index in [0.29, 0.717) is 42.5 Å². The average Bonchev–Trinajstić information content (AvgIpc) is 2.80. The van der Waals surface area contributed by atoms with E-state index >= 15 is 0 Å². The van der Waals surface area contributed by atoms with Crippen LogP contribution in [0.2, 0.25) is 5.02 Å². The number of benzene rings is 2. The number of nitro groups is 1. The van der Waals surface area contributed by atoms with E-state index in [0.717, 1.165) is 11.5 Å². The number of nitrogens with one attached hydrogen (secondary N) is 1. The van der Waals surface area contributed by atoms with Crippen LogP contribution in [-0.4, -0.2) is 46.9 Å². The molecule has 1 fully saturated rings. The van der Waals surface area contributed by atoms with Crippen LogP contribution in [0.25, 0.3) is 0 Å². The topological polar surface area (TPSA) is 91.6 Å². The maximum atomic E-state index is 13.0. The lowest BCUT2D eigenvalue weighted by molar-refractivity contribution is -0.383. The lowest BCUT2D eigenvalue weighted by Gasteiger charge is -2.35. The average molecular weight is 438 g/mol. The molecule has 1 aliphatic heterocycles. The Hall–Kier alpha value is -3.65. The molecule has 1 amide bonds. The number of anilines is 3. The number of nitro benzene ring substituents is 1. The summed E-state index contributed by atoms with van der Waals surface area (Å²) in [6.07, 6.45) is 1.60. The van der Waals surface area contributed by atoms with Gasteiger partial charge in [-0.15, -0.1) is 0 Å². The number of piperazine rings is 1. The molecule has 8 nitrogen and oxygen atoms in total. The number of hydrogen-bond acceptors (Lipinski definition) is 6. The minimum atomic E-state index is -0.480. The zero-order chi connectivity index (χ0) is 21.8. The van der Waals surface area contributed by atoms with Crippen molar-refractivity contribution in [3.63, 3.8) is 0 Å². The number of aromatic nitrogens is 1.